The third kappa shape index (κ3) is 2.93. The highest BCUT2D eigenvalue weighted by atomic mass is 32.2. The molecule has 4 rings (SSSR count). The zero-order chi connectivity index (χ0) is 18.1. The molecule has 1 heterocycles. The normalized spacial score (nSPS) is 11.7. The quantitative estimate of drug-likeness (QED) is 0.525. The summed E-state index contributed by atoms with van der Waals surface area (Å²) in [6, 6.07) is 24.7. The van der Waals surface area contributed by atoms with Crippen LogP contribution in [0.5, 0.6) is 0 Å². The van der Waals surface area contributed by atoms with Gasteiger partial charge in [-0.15, -0.1) is 0 Å². The average molecular weight is 361 g/mol. The van der Waals surface area contributed by atoms with Gasteiger partial charge in [0.15, 0.2) is 0 Å². The molecule has 3 nitrogen and oxygen atoms in total. The molecule has 0 aliphatic rings. The van der Waals surface area contributed by atoms with E-state index < -0.39 is 10.0 Å². The zero-order valence-electron chi connectivity index (χ0n) is 14.5. The molecule has 0 bridgehead atoms. The molecular formula is C22H19NO2S. The van der Waals surface area contributed by atoms with E-state index in [1.54, 1.807) is 18.3 Å². The molecule has 0 fully saturated rings. The third-order valence-corrected chi connectivity index (χ3v) is 6.26. The van der Waals surface area contributed by atoms with Crippen LogP contribution < -0.4 is 0 Å². The summed E-state index contributed by atoms with van der Waals surface area (Å²) < 4.78 is 27.8. The van der Waals surface area contributed by atoms with E-state index >= 15 is 0 Å². The van der Waals surface area contributed by atoms with Crippen molar-refractivity contribution in [2.75, 3.05) is 0 Å². The van der Waals surface area contributed by atoms with Crippen molar-refractivity contribution >= 4 is 20.9 Å². The molecule has 26 heavy (non-hydrogen) atoms. The Bertz CT molecular complexity index is 1160. The first-order chi connectivity index (χ1) is 12.6. The maximum absolute atomic E-state index is 13.2. The molecule has 130 valence electrons. The van der Waals surface area contributed by atoms with Crippen LogP contribution in [0.15, 0.2) is 90.0 Å². The molecule has 0 saturated heterocycles. The van der Waals surface area contributed by atoms with E-state index in [-0.39, 0.29) is 0 Å². The van der Waals surface area contributed by atoms with Gasteiger partial charge in [-0.05, 0) is 42.7 Å². The molecule has 0 aliphatic heterocycles. The van der Waals surface area contributed by atoms with Crippen molar-refractivity contribution in [2.24, 2.45) is 0 Å². The molecule has 0 saturated carbocycles. The fraction of sp³-hybridized carbons (Fsp3) is 0.0909. The van der Waals surface area contributed by atoms with E-state index in [4.69, 9.17) is 0 Å². The van der Waals surface area contributed by atoms with E-state index in [1.165, 1.54) is 3.97 Å². The molecule has 1 aromatic heterocycles. The summed E-state index contributed by atoms with van der Waals surface area (Å²) in [6.07, 6.45) is 2.45. The second-order valence-corrected chi connectivity index (χ2v) is 8.26. The molecule has 4 aromatic rings. The number of aromatic nitrogens is 1. The third-order valence-electron chi connectivity index (χ3n) is 4.58. The maximum Gasteiger partial charge on any atom is 0.268 e. The fourth-order valence-corrected chi connectivity index (χ4v) is 4.59. The van der Waals surface area contributed by atoms with Gasteiger partial charge in [0, 0.05) is 11.6 Å². The topological polar surface area (TPSA) is 39.1 Å². The number of para-hydroxylation sites is 1. The predicted molar refractivity (Wildman–Crippen MR) is 105 cm³/mol. The minimum atomic E-state index is -3.64. The number of hydrogen-bond acceptors (Lipinski definition) is 2. The first-order valence-corrected chi connectivity index (χ1v) is 9.95. The van der Waals surface area contributed by atoms with Crippen LogP contribution >= 0.6 is 0 Å². The summed E-state index contributed by atoms with van der Waals surface area (Å²) in [7, 11) is -3.64. The van der Waals surface area contributed by atoms with Crippen LogP contribution in [0.3, 0.4) is 0 Å². The van der Waals surface area contributed by atoms with Gasteiger partial charge in [0.2, 0.25) is 0 Å². The van der Waals surface area contributed by atoms with Crippen LogP contribution in [-0.4, -0.2) is 12.4 Å². The second kappa shape index (κ2) is 6.46. The van der Waals surface area contributed by atoms with Crippen molar-refractivity contribution in [3.8, 4) is 0 Å². The summed E-state index contributed by atoms with van der Waals surface area (Å²) in [5, 5.41) is 0.965. The highest BCUT2D eigenvalue weighted by Crippen LogP contribution is 2.27. The van der Waals surface area contributed by atoms with Gasteiger partial charge >= 0.3 is 0 Å². The molecule has 4 heteroatoms. The fourth-order valence-electron chi connectivity index (χ4n) is 3.20. The first kappa shape index (κ1) is 16.6. The monoisotopic (exact) mass is 361 g/mol. The van der Waals surface area contributed by atoms with Gasteiger partial charge in [-0.1, -0.05) is 66.2 Å². The molecule has 0 atom stereocenters. The second-order valence-electron chi connectivity index (χ2n) is 6.45. The zero-order valence-corrected chi connectivity index (χ0v) is 15.3. The Morgan fingerprint density at radius 2 is 1.46 bits per heavy atom. The van der Waals surface area contributed by atoms with Crippen LogP contribution in [-0.2, 0) is 16.4 Å². The summed E-state index contributed by atoms with van der Waals surface area (Å²) in [5.41, 5.74) is 3.90. The Morgan fingerprint density at radius 3 is 2.19 bits per heavy atom. The van der Waals surface area contributed by atoms with E-state index in [0.29, 0.717) is 16.8 Å². The van der Waals surface area contributed by atoms with Crippen LogP contribution in [0.25, 0.3) is 10.9 Å². The van der Waals surface area contributed by atoms with Crippen molar-refractivity contribution in [1.82, 2.24) is 3.97 Å². The Kier molecular flexibility index (Phi) is 4.13. The minimum absolute atomic E-state index is 0.301. The Balaban J connectivity index is 1.87. The standard InChI is InChI=1S/C22H19NO2S/c1-17-11-13-20(14-12-17)26(24,25)23-16-19(15-18-7-3-2-4-8-18)21-9-5-6-10-22(21)23/h2-14,16H,15H2,1H3. The lowest BCUT2D eigenvalue weighted by atomic mass is 10.0. The van der Waals surface area contributed by atoms with Gasteiger partial charge in [-0.3, -0.25) is 0 Å². The van der Waals surface area contributed by atoms with Crippen molar-refractivity contribution in [3.63, 3.8) is 0 Å². The molecule has 0 spiro atoms. The van der Waals surface area contributed by atoms with E-state index in [2.05, 4.69) is 12.1 Å². The lowest BCUT2D eigenvalue weighted by Gasteiger charge is -2.07. The van der Waals surface area contributed by atoms with Gasteiger partial charge < -0.3 is 0 Å². The summed E-state index contributed by atoms with van der Waals surface area (Å²) >= 11 is 0. The van der Waals surface area contributed by atoms with Crippen LogP contribution in [0.2, 0.25) is 0 Å². The van der Waals surface area contributed by atoms with E-state index in [9.17, 15) is 8.42 Å². The Hall–Kier alpha value is -2.85. The number of rotatable bonds is 4. The minimum Gasteiger partial charge on any atom is -0.241 e. The molecule has 0 radical (unpaired) electrons. The lowest BCUT2D eigenvalue weighted by Crippen LogP contribution is -2.11. The SMILES string of the molecule is Cc1ccc(S(=O)(=O)n2cc(Cc3ccccc3)c3ccccc32)cc1. The molecule has 0 aliphatic carbocycles. The van der Waals surface area contributed by atoms with Crippen LogP contribution in [0.1, 0.15) is 16.7 Å². The van der Waals surface area contributed by atoms with E-state index in [1.807, 2.05) is 61.5 Å². The van der Waals surface area contributed by atoms with Crippen molar-refractivity contribution in [2.45, 2.75) is 18.2 Å². The average Bonchev–Trinajstić information content (AvgIpc) is 3.02. The Labute approximate surface area is 153 Å². The van der Waals surface area contributed by atoms with Crippen LogP contribution in [0.4, 0.5) is 0 Å². The summed E-state index contributed by atoms with van der Waals surface area (Å²) in [4.78, 5) is 0.301. The molecular weight excluding hydrogens is 342 g/mol. The van der Waals surface area contributed by atoms with Gasteiger partial charge in [-0.25, -0.2) is 12.4 Å². The highest BCUT2D eigenvalue weighted by Gasteiger charge is 2.21. The van der Waals surface area contributed by atoms with Gasteiger partial charge in [0.25, 0.3) is 10.0 Å². The Morgan fingerprint density at radius 1 is 0.808 bits per heavy atom. The molecule has 0 N–H and O–H groups in total. The van der Waals surface area contributed by atoms with E-state index in [0.717, 1.165) is 22.1 Å². The number of aryl methyl sites for hydroxylation is 1. The van der Waals surface area contributed by atoms with Gasteiger partial charge in [0.1, 0.15) is 0 Å². The van der Waals surface area contributed by atoms with Crippen molar-refractivity contribution < 1.29 is 8.42 Å². The number of hydrogen-bond donors (Lipinski definition) is 0. The van der Waals surface area contributed by atoms with Crippen molar-refractivity contribution in [3.05, 3.63) is 102 Å². The largest absolute Gasteiger partial charge is 0.268 e. The molecule has 0 amide bonds. The maximum atomic E-state index is 13.2. The number of fused-ring (bicyclic) bond motifs is 1. The highest BCUT2D eigenvalue weighted by molar-refractivity contribution is 7.90. The van der Waals surface area contributed by atoms with Gasteiger partial charge in [-0.2, -0.15) is 0 Å². The lowest BCUT2D eigenvalue weighted by molar-refractivity contribution is 0.589. The molecule has 3 aromatic carbocycles. The van der Waals surface area contributed by atoms with Gasteiger partial charge in [0.05, 0.1) is 10.4 Å². The number of nitrogens with zero attached hydrogens (tertiary/aromatic N) is 1. The molecule has 0 unspecified atom stereocenters. The first-order valence-electron chi connectivity index (χ1n) is 8.51. The number of benzene rings is 3. The van der Waals surface area contributed by atoms with Crippen molar-refractivity contribution in [1.29, 1.82) is 0 Å². The smallest absolute Gasteiger partial charge is 0.241 e. The summed E-state index contributed by atoms with van der Waals surface area (Å²) in [6.45, 7) is 1.94. The summed E-state index contributed by atoms with van der Waals surface area (Å²) in [5.74, 6) is 0. The van der Waals surface area contributed by atoms with Crippen LogP contribution in [0, 0.1) is 6.92 Å². The predicted octanol–water partition coefficient (Wildman–Crippen LogP) is 4.78.